The van der Waals surface area contributed by atoms with E-state index in [-0.39, 0.29) is 23.3 Å². The van der Waals surface area contributed by atoms with E-state index in [2.05, 4.69) is 41.9 Å². The van der Waals surface area contributed by atoms with Crippen LogP contribution in [0.1, 0.15) is 38.8 Å². The molecule has 1 unspecified atom stereocenters. The fourth-order valence-electron chi connectivity index (χ4n) is 2.38. The van der Waals surface area contributed by atoms with E-state index >= 15 is 0 Å². The number of hydrogen-bond acceptors (Lipinski definition) is 4. The van der Waals surface area contributed by atoms with Crippen LogP contribution in [-0.4, -0.2) is 24.0 Å². The van der Waals surface area contributed by atoms with Crippen LogP contribution in [0, 0.1) is 11.3 Å². The van der Waals surface area contributed by atoms with Gasteiger partial charge in [-0.25, -0.2) is 0 Å². The van der Waals surface area contributed by atoms with Gasteiger partial charge in [0.15, 0.2) is 0 Å². The molecule has 110 valence electrons. The minimum atomic E-state index is -0.00543. The van der Waals surface area contributed by atoms with Gasteiger partial charge in [0, 0.05) is 25.5 Å². The zero-order valence-electron chi connectivity index (χ0n) is 12.4. The SMILES string of the molecule is CC(C)(C)CC(NC(=O)C1CNNC1)c1cccnc1. The van der Waals surface area contributed by atoms with E-state index in [1.165, 1.54) is 0 Å². The minimum Gasteiger partial charge on any atom is -0.349 e. The quantitative estimate of drug-likeness (QED) is 0.778. The standard InChI is InChI=1S/C15H24N4O/c1-15(2,3)7-13(11-5-4-6-16-8-11)19-14(20)12-9-17-18-10-12/h4-6,8,12-13,17-18H,7,9-10H2,1-3H3,(H,19,20). The van der Waals surface area contributed by atoms with Crippen LogP contribution < -0.4 is 16.2 Å². The molecule has 1 aromatic heterocycles. The number of carbonyl (C=O) groups excluding carboxylic acids is 1. The van der Waals surface area contributed by atoms with Gasteiger partial charge in [0.05, 0.1) is 12.0 Å². The highest BCUT2D eigenvalue weighted by atomic mass is 16.2. The van der Waals surface area contributed by atoms with Crippen molar-refractivity contribution in [2.45, 2.75) is 33.2 Å². The van der Waals surface area contributed by atoms with Gasteiger partial charge in [-0.1, -0.05) is 26.8 Å². The van der Waals surface area contributed by atoms with E-state index in [9.17, 15) is 4.79 Å². The van der Waals surface area contributed by atoms with Gasteiger partial charge >= 0.3 is 0 Å². The maximum Gasteiger partial charge on any atom is 0.226 e. The molecule has 5 nitrogen and oxygen atoms in total. The third-order valence-electron chi connectivity index (χ3n) is 3.41. The van der Waals surface area contributed by atoms with E-state index in [0.29, 0.717) is 13.1 Å². The molecule has 0 saturated carbocycles. The molecule has 0 aromatic carbocycles. The first-order valence-electron chi connectivity index (χ1n) is 7.12. The predicted octanol–water partition coefficient (Wildman–Crippen LogP) is 1.40. The van der Waals surface area contributed by atoms with Crippen molar-refractivity contribution < 1.29 is 4.79 Å². The third-order valence-corrected chi connectivity index (χ3v) is 3.41. The van der Waals surface area contributed by atoms with Crippen LogP contribution in [0.3, 0.4) is 0 Å². The first-order valence-corrected chi connectivity index (χ1v) is 7.12. The maximum absolute atomic E-state index is 12.3. The van der Waals surface area contributed by atoms with Crippen molar-refractivity contribution in [2.24, 2.45) is 11.3 Å². The molecule has 3 N–H and O–H groups in total. The number of nitrogens with one attached hydrogen (secondary N) is 3. The Hall–Kier alpha value is -1.46. The van der Waals surface area contributed by atoms with E-state index in [1.54, 1.807) is 6.20 Å². The Morgan fingerprint density at radius 1 is 1.45 bits per heavy atom. The predicted molar refractivity (Wildman–Crippen MR) is 78.7 cm³/mol. The van der Waals surface area contributed by atoms with Crippen molar-refractivity contribution in [3.8, 4) is 0 Å². The molecule has 0 bridgehead atoms. The van der Waals surface area contributed by atoms with Crippen LogP contribution in [0.5, 0.6) is 0 Å². The molecule has 1 saturated heterocycles. The molecule has 1 aliphatic heterocycles. The Morgan fingerprint density at radius 3 is 2.70 bits per heavy atom. The fourth-order valence-corrected chi connectivity index (χ4v) is 2.38. The van der Waals surface area contributed by atoms with Crippen molar-refractivity contribution >= 4 is 5.91 Å². The molecule has 0 spiro atoms. The number of carbonyl (C=O) groups is 1. The van der Waals surface area contributed by atoms with E-state index in [0.717, 1.165) is 12.0 Å². The lowest BCUT2D eigenvalue weighted by atomic mass is 9.85. The van der Waals surface area contributed by atoms with E-state index in [4.69, 9.17) is 0 Å². The van der Waals surface area contributed by atoms with E-state index < -0.39 is 0 Å². The van der Waals surface area contributed by atoms with Crippen molar-refractivity contribution in [1.82, 2.24) is 21.2 Å². The molecular formula is C15H24N4O. The lowest BCUT2D eigenvalue weighted by molar-refractivity contribution is -0.125. The van der Waals surface area contributed by atoms with Gasteiger partial charge in [0.25, 0.3) is 0 Å². The van der Waals surface area contributed by atoms with Gasteiger partial charge in [0.1, 0.15) is 0 Å². The van der Waals surface area contributed by atoms with Crippen LogP contribution in [0.2, 0.25) is 0 Å². The van der Waals surface area contributed by atoms with Gasteiger partial charge in [0.2, 0.25) is 5.91 Å². The van der Waals surface area contributed by atoms with Gasteiger partial charge in [-0.05, 0) is 23.5 Å². The Labute approximate surface area is 120 Å². The molecule has 1 aromatic rings. The normalized spacial score (nSPS) is 17.9. The Morgan fingerprint density at radius 2 is 2.15 bits per heavy atom. The zero-order valence-corrected chi connectivity index (χ0v) is 12.4. The molecule has 1 aliphatic rings. The van der Waals surface area contributed by atoms with Crippen LogP contribution >= 0.6 is 0 Å². The molecule has 0 radical (unpaired) electrons. The van der Waals surface area contributed by atoms with Crippen molar-refractivity contribution in [3.63, 3.8) is 0 Å². The van der Waals surface area contributed by atoms with Gasteiger partial charge < -0.3 is 5.32 Å². The van der Waals surface area contributed by atoms with Crippen LogP contribution in [0.15, 0.2) is 24.5 Å². The summed E-state index contributed by atoms with van der Waals surface area (Å²) in [4.78, 5) is 16.5. The summed E-state index contributed by atoms with van der Waals surface area (Å²) in [6.45, 7) is 7.91. The number of rotatable bonds is 4. The number of amides is 1. The molecular weight excluding hydrogens is 252 g/mol. The topological polar surface area (TPSA) is 66.1 Å². The smallest absolute Gasteiger partial charge is 0.226 e. The number of aromatic nitrogens is 1. The molecule has 0 aliphatic carbocycles. The molecule has 1 fully saturated rings. The summed E-state index contributed by atoms with van der Waals surface area (Å²) >= 11 is 0. The molecule has 5 heteroatoms. The first kappa shape index (κ1) is 14.9. The second-order valence-electron chi connectivity index (χ2n) is 6.57. The van der Waals surface area contributed by atoms with Crippen molar-refractivity contribution in [3.05, 3.63) is 30.1 Å². The van der Waals surface area contributed by atoms with Crippen LogP contribution in [0.25, 0.3) is 0 Å². The molecule has 1 amide bonds. The first-order chi connectivity index (χ1) is 9.46. The average Bonchev–Trinajstić information content (AvgIpc) is 2.91. The molecule has 2 rings (SSSR count). The minimum absolute atomic E-state index is 0.00543. The lowest BCUT2D eigenvalue weighted by Gasteiger charge is -2.27. The van der Waals surface area contributed by atoms with Crippen molar-refractivity contribution in [1.29, 1.82) is 0 Å². The highest BCUT2D eigenvalue weighted by Crippen LogP contribution is 2.29. The third kappa shape index (κ3) is 4.28. The number of nitrogens with zero attached hydrogens (tertiary/aromatic N) is 1. The monoisotopic (exact) mass is 276 g/mol. The Kier molecular flexibility index (Phi) is 4.73. The largest absolute Gasteiger partial charge is 0.349 e. The number of hydrogen-bond donors (Lipinski definition) is 3. The Balaban J connectivity index is 2.08. The second-order valence-corrected chi connectivity index (χ2v) is 6.57. The highest BCUT2D eigenvalue weighted by Gasteiger charge is 2.27. The van der Waals surface area contributed by atoms with Crippen LogP contribution in [0.4, 0.5) is 0 Å². The molecule has 20 heavy (non-hydrogen) atoms. The Bertz CT molecular complexity index is 435. The average molecular weight is 276 g/mol. The zero-order chi connectivity index (χ0) is 14.6. The van der Waals surface area contributed by atoms with Crippen LogP contribution in [-0.2, 0) is 4.79 Å². The van der Waals surface area contributed by atoms with Gasteiger partial charge in [-0.2, -0.15) is 0 Å². The summed E-state index contributed by atoms with van der Waals surface area (Å²) in [7, 11) is 0. The van der Waals surface area contributed by atoms with E-state index in [1.807, 2.05) is 18.3 Å². The highest BCUT2D eigenvalue weighted by molar-refractivity contribution is 5.79. The summed E-state index contributed by atoms with van der Waals surface area (Å²) < 4.78 is 0. The maximum atomic E-state index is 12.3. The van der Waals surface area contributed by atoms with Gasteiger partial charge in [-0.15, -0.1) is 0 Å². The summed E-state index contributed by atoms with van der Waals surface area (Å²) in [5.74, 6) is 0.0924. The molecule has 2 heterocycles. The summed E-state index contributed by atoms with van der Waals surface area (Å²) in [5.41, 5.74) is 7.19. The summed E-state index contributed by atoms with van der Waals surface area (Å²) in [6, 6.07) is 3.95. The summed E-state index contributed by atoms with van der Waals surface area (Å²) in [6.07, 6.45) is 4.48. The lowest BCUT2D eigenvalue weighted by Crippen LogP contribution is -2.37. The van der Waals surface area contributed by atoms with Crippen molar-refractivity contribution in [2.75, 3.05) is 13.1 Å². The number of hydrazine groups is 1. The number of pyridine rings is 1. The fraction of sp³-hybridized carbons (Fsp3) is 0.600. The second kappa shape index (κ2) is 6.33. The summed E-state index contributed by atoms with van der Waals surface area (Å²) in [5, 5.41) is 3.17. The molecule has 1 atom stereocenters. The van der Waals surface area contributed by atoms with Gasteiger partial charge in [-0.3, -0.25) is 20.6 Å².